The number of carbonyl (C=O) groups excluding carboxylic acids is 3. The van der Waals surface area contributed by atoms with Crippen LogP contribution in [0.25, 0.3) is 0 Å². The van der Waals surface area contributed by atoms with Crippen molar-refractivity contribution in [1.82, 2.24) is 15.2 Å². The highest BCUT2D eigenvalue weighted by atomic mass is 35.5. The molecular weight excluding hydrogens is 445 g/mol. The molecule has 11 heteroatoms. The third-order valence-corrected chi connectivity index (χ3v) is 5.68. The van der Waals surface area contributed by atoms with Crippen LogP contribution in [0.3, 0.4) is 0 Å². The zero-order valence-electron chi connectivity index (χ0n) is 16.2. The molecule has 2 aromatic rings. The van der Waals surface area contributed by atoms with Gasteiger partial charge in [-0.1, -0.05) is 23.2 Å². The number of carbonyl (C=O) groups is 3. The monoisotopic (exact) mass is 463 g/mol. The lowest BCUT2D eigenvalue weighted by Crippen LogP contribution is -2.61. The maximum absolute atomic E-state index is 12.7. The van der Waals surface area contributed by atoms with Gasteiger partial charge >= 0.3 is 6.03 Å². The largest absolute Gasteiger partial charge is 0.366 e. The molecule has 9 nitrogen and oxygen atoms in total. The first-order chi connectivity index (χ1) is 14.9. The van der Waals surface area contributed by atoms with Gasteiger partial charge in [0, 0.05) is 36.7 Å². The van der Waals surface area contributed by atoms with Gasteiger partial charge in [-0.15, -0.1) is 0 Å². The standard InChI is InChI=1S/C20H19Cl2N5O4/c21-13-7-12(8-14(22)18(13)26-19(29)11-1-4-23-5-2-11)24-20(30)27-6-3-16-15(9-27)25-17(28)10-31-16/h1-2,4-5,7-8,15-16H,3,6,9-10H2,(H,24,30)(H,25,28)(H,26,29)/t15-,16-/m0/s1. The molecule has 1 aromatic heterocycles. The van der Waals surface area contributed by atoms with E-state index in [9.17, 15) is 14.4 Å². The zero-order valence-corrected chi connectivity index (χ0v) is 17.7. The smallest absolute Gasteiger partial charge is 0.321 e. The second-order valence-electron chi connectivity index (χ2n) is 7.19. The van der Waals surface area contributed by atoms with Gasteiger partial charge in [0.25, 0.3) is 5.91 Å². The molecule has 0 unspecified atom stereocenters. The number of rotatable bonds is 3. The van der Waals surface area contributed by atoms with Crippen LogP contribution in [-0.4, -0.2) is 59.6 Å². The number of ether oxygens (including phenoxy) is 1. The number of aromatic nitrogens is 1. The minimum atomic E-state index is -0.386. The lowest BCUT2D eigenvalue weighted by molar-refractivity contribution is -0.139. The molecule has 2 saturated heterocycles. The van der Waals surface area contributed by atoms with Crippen LogP contribution >= 0.6 is 23.2 Å². The summed E-state index contributed by atoms with van der Waals surface area (Å²) >= 11 is 12.6. The van der Waals surface area contributed by atoms with E-state index in [1.54, 1.807) is 17.0 Å². The number of benzene rings is 1. The number of pyridine rings is 1. The van der Waals surface area contributed by atoms with Crippen molar-refractivity contribution in [3.8, 4) is 0 Å². The molecule has 3 N–H and O–H groups in total. The number of nitrogens with zero attached hydrogens (tertiary/aromatic N) is 2. The molecular formula is C20H19Cl2N5O4. The number of hydrogen-bond acceptors (Lipinski definition) is 5. The summed E-state index contributed by atoms with van der Waals surface area (Å²) in [6.45, 7) is 0.878. The van der Waals surface area contributed by atoms with E-state index in [1.807, 2.05) is 0 Å². The Labute approximate surface area is 188 Å². The van der Waals surface area contributed by atoms with Gasteiger partial charge in [-0.2, -0.15) is 0 Å². The molecule has 0 bridgehead atoms. The highest BCUT2D eigenvalue weighted by molar-refractivity contribution is 6.40. The fourth-order valence-corrected chi connectivity index (χ4v) is 4.12. The first-order valence-electron chi connectivity index (χ1n) is 9.58. The maximum atomic E-state index is 12.7. The summed E-state index contributed by atoms with van der Waals surface area (Å²) < 4.78 is 5.51. The molecule has 4 amide bonds. The summed E-state index contributed by atoms with van der Waals surface area (Å²) in [5, 5.41) is 8.63. The quantitative estimate of drug-likeness (QED) is 0.647. The molecule has 31 heavy (non-hydrogen) atoms. The molecule has 4 rings (SSSR count). The van der Waals surface area contributed by atoms with E-state index in [0.29, 0.717) is 30.8 Å². The molecule has 2 fully saturated rings. The first kappa shape index (κ1) is 21.4. The molecule has 0 saturated carbocycles. The Kier molecular flexibility index (Phi) is 6.26. The van der Waals surface area contributed by atoms with E-state index in [2.05, 4.69) is 20.9 Å². The summed E-state index contributed by atoms with van der Waals surface area (Å²) in [6, 6.07) is 5.55. The lowest BCUT2D eigenvalue weighted by Gasteiger charge is -2.40. The van der Waals surface area contributed by atoms with Crippen molar-refractivity contribution in [3.63, 3.8) is 0 Å². The van der Waals surface area contributed by atoms with Gasteiger partial charge < -0.3 is 25.6 Å². The van der Waals surface area contributed by atoms with E-state index >= 15 is 0 Å². The zero-order chi connectivity index (χ0) is 22.0. The number of piperidine rings is 1. The normalized spacial score (nSPS) is 20.5. The molecule has 2 aliphatic heterocycles. The Balaban J connectivity index is 1.41. The first-order valence-corrected chi connectivity index (χ1v) is 10.3. The summed E-state index contributed by atoms with van der Waals surface area (Å²) in [5.41, 5.74) is 1.03. The van der Waals surface area contributed by atoms with Gasteiger partial charge in [0.15, 0.2) is 0 Å². The summed E-state index contributed by atoms with van der Waals surface area (Å²) in [4.78, 5) is 42.1. The van der Waals surface area contributed by atoms with E-state index < -0.39 is 0 Å². The van der Waals surface area contributed by atoms with Gasteiger partial charge in [-0.05, 0) is 30.7 Å². The Bertz CT molecular complexity index is 997. The SMILES string of the molecule is O=C1CO[C@H]2CCN(C(=O)Nc3cc(Cl)c(NC(=O)c4ccncc4)c(Cl)c3)C[C@@H]2N1. The van der Waals surface area contributed by atoms with Crippen LogP contribution in [0.5, 0.6) is 0 Å². The number of fused-ring (bicyclic) bond motifs is 1. The van der Waals surface area contributed by atoms with Gasteiger partial charge in [0.05, 0.1) is 27.9 Å². The van der Waals surface area contributed by atoms with Crippen molar-refractivity contribution in [3.05, 3.63) is 52.3 Å². The molecule has 2 aliphatic rings. The predicted octanol–water partition coefficient (Wildman–Crippen LogP) is 2.76. The maximum Gasteiger partial charge on any atom is 0.321 e. The topological polar surface area (TPSA) is 113 Å². The number of amides is 4. The van der Waals surface area contributed by atoms with Crippen molar-refractivity contribution in [2.75, 3.05) is 30.3 Å². The number of halogens is 2. The van der Waals surface area contributed by atoms with E-state index in [1.165, 1.54) is 24.5 Å². The van der Waals surface area contributed by atoms with Crippen LogP contribution in [0.2, 0.25) is 10.0 Å². The molecule has 0 spiro atoms. The van der Waals surface area contributed by atoms with Gasteiger partial charge in [0.2, 0.25) is 5.91 Å². The average Bonchev–Trinajstić information content (AvgIpc) is 2.76. The van der Waals surface area contributed by atoms with Crippen LogP contribution in [0, 0.1) is 0 Å². The van der Waals surface area contributed by atoms with Crippen molar-refractivity contribution in [2.24, 2.45) is 0 Å². The Morgan fingerprint density at radius 3 is 2.58 bits per heavy atom. The molecule has 0 aliphatic carbocycles. The third kappa shape index (κ3) is 4.90. The van der Waals surface area contributed by atoms with Crippen molar-refractivity contribution < 1.29 is 19.1 Å². The van der Waals surface area contributed by atoms with Gasteiger partial charge in [-0.25, -0.2) is 4.79 Å². The van der Waals surface area contributed by atoms with E-state index in [-0.39, 0.29) is 52.3 Å². The van der Waals surface area contributed by atoms with Crippen molar-refractivity contribution >= 4 is 52.4 Å². The van der Waals surface area contributed by atoms with Crippen molar-refractivity contribution in [1.29, 1.82) is 0 Å². The Morgan fingerprint density at radius 1 is 1.16 bits per heavy atom. The Hall–Kier alpha value is -2.88. The summed E-state index contributed by atoms with van der Waals surface area (Å²) in [5.74, 6) is -0.575. The van der Waals surface area contributed by atoms with Crippen LogP contribution in [0.1, 0.15) is 16.8 Å². The third-order valence-electron chi connectivity index (χ3n) is 5.09. The molecule has 1 aromatic carbocycles. The van der Waals surface area contributed by atoms with E-state index in [4.69, 9.17) is 27.9 Å². The minimum absolute atomic E-state index is 0.0500. The average molecular weight is 464 g/mol. The number of hydrogen-bond donors (Lipinski definition) is 3. The van der Waals surface area contributed by atoms with Crippen LogP contribution in [-0.2, 0) is 9.53 Å². The fourth-order valence-electron chi connectivity index (χ4n) is 3.54. The lowest BCUT2D eigenvalue weighted by atomic mass is 10.0. The molecule has 162 valence electrons. The number of urea groups is 1. The number of anilines is 2. The second kappa shape index (κ2) is 9.09. The molecule has 3 heterocycles. The summed E-state index contributed by atoms with van der Waals surface area (Å²) in [7, 11) is 0. The molecule has 2 atom stereocenters. The van der Waals surface area contributed by atoms with Gasteiger partial charge in [0.1, 0.15) is 6.61 Å². The van der Waals surface area contributed by atoms with Gasteiger partial charge in [-0.3, -0.25) is 14.6 Å². The van der Waals surface area contributed by atoms with Crippen molar-refractivity contribution in [2.45, 2.75) is 18.6 Å². The Morgan fingerprint density at radius 2 is 1.87 bits per heavy atom. The minimum Gasteiger partial charge on any atom is -0.366 e. The number of nitrogens with one attached hydrogen (secondary N) is 3. The number of likely N-dealkylation sites (tertiary alicyclic amines) is 1. The second-order valence-corrected chi connectivity index (χ2v) is 8.01. The molecule has 0 radical (unpaired) electrons. The van der Waals surface area contributed by atoms with Crippen LogP contribution in [0.4, 0.5) is 16.2 Å². The summed E-state index contributed by atoms with van der Waals surface area (Å²) in [6.07, 6.45) is 3.54. The number of morpholine rings is 1. The van der Waals surface area contributed by atoms with Crippen LogP contribution < -0.4 is 16.0 Å². The fraction of sp³-hybridized carbons (Fsp3) is 0.300. The van der Waals surface area contributed by atoms with Crippen LogP contribution in [0.15, 0.2) is 36.7 Å². The highest BCUT2D eigenvalue weighted by Crippen LogP contribution is 2.34. The van der Waals surface area contributed by atoms with E-state index in [0.717, 1.165) is 0 Å². The highest BCUT2D eigenvalue weighted by Gasteiger charge is 2.36. The predicted molar refractivity (Wildman–Crippen MR) is 116 cm³/mol.